The third-order valence-electron chi connectivity index (χ3n) is 2.68. The van der Waals surface area contributed by atoms with Crippen molar-refractivity contribution in [3.63, 3.8) is 0 Å². The van der Waals surface area contributed by atoms with Crippen LogP contribution >= 0.6 is 27.3 Å². The Morgan fingerprint density at radius 1 is 1.42 bits per heavy atom. The van der Waals surface area contributed by atoms with E-state index in [4.69, 9.17) is 9.47 Å². The van der Waals surface area contributed by atoms with Crippen molar-refractivity contribution in [1.29, 1.82) is 0 Å². The van der Waals surface area contributed by atoms with Gasteiger partial charge in [0.15, 0.2) is 11.7 Å². The Kier molecular flexibility index (Phi) is 6.68. The van der Waals surface area contributed by atoms with Crippen molar-refractivity contribution in [2.24, 2.45) is 0 Å². The molecule has 0 bridgehead atoms. The number of benzene rings is 1. The predicted octanol–water partition coefficient (Wildman–Crippen LogP) is 3.17. The molecule has 0 unspecified atom stereocenters. The number of nitrogens with zero attached hydrogens (tertiary/aromatic N) is 1. The van der Waals surface area contributed by atoms with Crippen LogP contribution in [0, 0.1) is 5.82 Å². The second-order valence-corrected chi connectivity index (χ2v) is 6.25. The van der Waals surface area contributed by atoms with Gasteiger partial charge in [-0.25, -0.2) is 9.37 Å². The van der Waals surface area contributed by atoms with E-state index >= 15 is 0 Å². The maximum atomic E-state index is 13.0. The van der Waals surface area contributed by atoms with Gasteiger partial charge in [0.05, 0.1) is 23.2 Å². The summed E-state index contributed by atoms with van der Waals surface area (Å²) >= 11 is 4.35. The SMILES string of the molecule is CCOC(=O)Cc1csc(NC(=O)COc2ccc(F)cc2Br)n1. The van der Waals surface area contributed by atoms with Crippen LogP contribution in [0.2, 0.25) is 0 Å². The highest BCUT2D eigenvalue weighted by atomic mass is 79.9. The molecule has 0 fully saturated rings. The number of carbonyl (C=O) groups excluding carboxylic acids is 2. The first kappa shape index (κ1) is 18.3. The first-order valence-corrected chi connectivity index (χ1v) is 8.63. The molecule has 9 heteroatoms. The molecule has 0 aliphatic rings. The van der Waals surface area contributed by atoms with Crippen LogP contribution in [0.15, 0.2) is 28.1 Å². The van der Waals surface area contributed by atoms with Gasteiger partial charge >= 0.3 is 5.97 Å². The summed E-state index contributed by atoms with van der Waals surface area (Å²) < 4.78 is 23.5. The molecule has 1 aromatic carbocycles. The van der Waals surface area contributed by atoms with Crippen LogP contribution in [0.5, 0.6) is 5.75 Å². The summed E-state index contributed by atoms with van der Waals surface area (Å²) in [6.07, 6.45) is 0.0548. The second kappa shape index (κ2) is 8.74. The Hall–Kier alpha value is -2.00. The van der Waals surface area contributed by atoms with Crippen LogP contribution in [-0.4, -0.2) is 30.1 Å². The molecule has 1 aromatic heterocycles. The molecule has 0 atom stereocenters. The van der Waals surface area contributed by atoms with E-state index in [-0.39, 0.29) is 19.0 Å². The number of halogens is 2. The normalized spacial score (nSPS) is 10.3. The number of carbonyl (C=O) groups is 2. The summed E-state index contributed by atoms with van der Waals surface area (Å²) in [5, 5.41) is 4.60. The summed E-state index contributed by atoms with van der Waals surface area (Å²) in [6.45, 7) is 1.78. The molecule has 2 aromatic rings. The topological polar surface area (TPSA) is 77.5 Å². The number of anilines is 1. The highest BCUT2D eigenvalue weighted by Gasteiger charge is 2.11. The standard InChI is InChI=1S/C15H14BrFN2O4S/c1-2-22-14(21)6-10-8-24-15(18-10)19-13(20)7-23-12-4-3-9(17)5-11(12)16/h3-5,8H,2,6-7H2,1H3,(H,18,19,20). The Morgan fingerprint density at radius 3 is 2.92 bits per heavy atom. The molecule has 1 amide bonds. The summed E-state index contributed by atoms with van der Waals surface area (Å²) in [6, 6.07) is 3.91. The van der Waals surface area contributed by atoms with E-state index in [0.717, 1.165) is 0 Å². The van der Waals surface area contributed by atoms with Gasteiger partial charge in [-0.2, -0.15) is 0 Å². The van der Waals surface area contributed by atoms with Crippen molar-refractivity contribution in [2.45, 2.75) is 13.3 Å². The van der Waals surface area contributed by atoms with E-state index in [1.54, 1.807) is 12.3 Å². The Bertz CT molecular complexity index is 738. The number of aromatic nitrogens is 1. The number of hydrogen-bond donors (Lipinski definition) is 1. The van der Waals surface area contributed by atoms with Crippen LogP contribution in [0.3, 0.4) is 0 Å². The smallest absolute Gasteiger partial charge is 0.311 e. The Morgan fingerprint density at radius 2 is 2.21 bits per heavy atom. The van der Waals surface area contributed by atoms with Crippen LogP contribution in [0.1, 0.15) is 12.6 Å². The molecule has 24 heavy (non-hydrogen) atoms. The number of nitrogens with one attached hydrogen (secondary N) is 1. The fraction of sp³-hybridized carbons (Fsp3) is 0.267. The molecular weight excluding hydrogens is 403 g/mol. The van der Waals surface area contributed by atoms with E-state index in [1.165, 1.54) is 29.5 Å². The Balaban J connectivity index is 1.84. The molecule has 0 aliphatic heterocycles. The molecule has 0 aliphatic carbocycles. The number of hydrogen-bond acceptors (Lipinski definition) is 6. The zero-order valence-corrected chi connectivity index (χ0v) is 15.1. The monoisotopic (exact) mass is 416 g/mol. The van der Waals surface area contributed by atoms with Crippen molar-refractivity contribution < 1.29 is 23.5 Å². The highest BCUT2D eigenvalue weighted by Crippen LogP contribution is 2.25. The van der Waals surface area contributed by atoms with Gasteiger partial charge < -0.3 is 9.47 Å². The van der Waals surface area contributed by atoms with Crippen LogP contribution in [0.4, 0.5) is 9.52 Å². The zero-order chi connectivity index (χ0) is 17.5. The van der Waals surface area contributed by atoms with Crippen LogP contribution < -0.4 is 10.1 Å². The molecule has 6 nitrogen and oxygen atoms in total. The molecule has 2 rings (SSSR count). The van der Waals surface area contributed by atoms with Gasteiger partial charge in [-0.3, -0.25) is 14.9 Å². The summed E-state index contributed by atoms with van der Waals surface area (Å²) in [5.41, 5.74) is 0.524. The van der Waals surface area contributed by atoms with Gasteiger partial charge in [-0.1, -0.05) is 0 Å². The molecule has 128 valence electrons. The van der Waals surface area contributed by atoms with E-state index in [0.29, 0.717) is 27.7 Å². The van der Waals surface area contributed by atoms with Crippen molar-refractivity contribution >= 4 is 44.3 Å². The third kappa shape index (κ3) is 5.57. The third-order valence-corrected chi connectivity index (χ3v) is 4.11. The highest BCUT2D eigenvalue weighted by molar-refractivity contribution is 9.10. The largest absolute Gasteiger partial charge is 0.483 e. The number of ether oxygens (including phenoxy) is 2. The zero-order valence-electron chi connectivity index (χ0n) is 12.7. The van der Waals surface area contributed by atoms with Gasteiger partial charge in [0.2, 0.25) is 0 Å². The lowest BCUT2D eigenvalue weighted by molar-refractivity contribution is -0.142. The number of thiazole rings is 1. The number of amides is 1. The maximum absolute atomic E-state index is 13.0. The minimum Gasteiger partial charge on any atom is -0.483 e. The van der Waals surface area contributed by atoms with Gasteiger partial charge in [-0.15, -0.1) is 11.3 Å². The molecule has 0 saturated carbocycles. The molecule has 0 radical (unpaired) electrons. The van der Waals surface area contributed by atoms with Gasteiger partial charge in [-0.05, 0) is 41.1 Å². The van der Waals surface area contributed by atoms with Gasteiger partial charge in [0.25, 0.3) is 5.91 Å². The lowest BCUT2D eigenvalue weighted by atomic mass is 10.3. The quantitative estimate of drug-likeness (QED) is 0.701. The van der Waals surface area contributed by atoms with E-state index in [2.05, 4.69) is 26.2 Å². The summed E-state index contributed by atoms with van der Waals surface area (Å²) in [7, 11) is 0. The van der Waals surface area contributed by atoms with Crippen LogP contribution in [-0.2, 0) is 20.7 Å². The average molecular weight is 417 g/mol. The minimum atomic E-state index is -0.414. The predicted molar refractivity (Wildman–Crippen MR) is 90.7 cm³/mol. The first-order chi connectivity index (χ1) is 11.5. The van der Waals surface area contributed by atoms with Gasteiger partial charge in [0.1, 0.15) is 11.6 Å². The minimum absolute atomic E-state index is 0.0548. The molecular formula is C15H14BrFN2O4S. The van der Waals surface area contributed by atoms with Crippen molar-refractivity contribution in [1.82, 2.24) is 4.98 Å². The van der Waals surface area contributed by atoms with E-state index in [9.17, 15) is 14.0 Å². The number of rotatable bonds is 7. The fourth-order valence-electron chi connectivity index (χ4n) is 1.70. The lowest BCUT2D eigenvalue weighted by Gasteiger charge is -2.07. The van der Waals surface area contributed by atoms with Crippen molar-refractivity contribution in [3.8, 4) is 5.75 Å². The van der Waals surface area contributed by atoms with E-state index < -0.39 is 11.7 Å². The molecule has 0 saturated heterocycles. The molecule has 0 spiro atoms. The average Bonchev–Trinajstić information content (AvgIpc) is 2.93. The summed E-state index contributed by atoms with van der Waals surface area (Å²) in [4.78, 5) is 27.3. The van der Waals surface area contributed by atoms with E-state index in [1.807, 2.05) is 0 Å². The molecule has 1 heterocycles. The first-order valence-electron chi connectivity index (χ1n) is 6.95. The lowest BCUT2D eigenvalue weighted by Crippen LogP contribution is -2.20. The van der Waals surface area contributed by atoms with Crippen LogP contribution in [0.25, 0.3) is 0 Å². The number of esters is 1. The van der Waals surface area contributed by atoms with Gasteiger partial charge in [0, 0.05) is 5.38 Å². The van der Waals surface area contributed by atoms with Crippen molar-refractivity contribution in [3.05, 3.63) is 39.6 Å². The fourth-order valence-corrected chi connectivity index (χ4v) is 2.89. The van der Waals surface area contributed by atoms with Crippen molar-refractivity contribution in [2.75, 3.05) is 18.5 Å². The second-order valence-electron chi connectivity index (χ2n) is 4.54. The summed E-state index contributed by atoms with van der Waals surface area (Å²) in [5.74, 6) is -0.835. The Labute approximate surface area is 150 Å². The maximum Gasteiger partial charge on any atom is 0.311 e. The molecule has 1 N–H and O–H groups in total.